The van der Waals surface area contributed by atoms with E-state index in [0.717, 1.165) is 39.3 Å². The summed E-state index contributed by atoms with van der Waals surface area (Å²) in [7, 11) is 4.16. The van der Waals surface area contributed by atoms with E-state index in [0.29, 0.717) is 5.76 Å². The van der Waals surface area contributed by atoms with Crippen LogP contribution in [0, 0.1) is 0 Å². The van der Waals surface area contributed by atoms with Gasteiger partial charge < -0.3 is 14.2 Å². The number of hydrogen-bond acceptors (Lipinski definition) is 4. The second kappa shape index (κ2) is 6.02. The van der Waals surface area contributed by atoms with Gasteiger partial charge in [0.15, 0.2) is 5.76 Å². The number of carbonyl (C=O) groups excluding carboxylic acids is 1. The average molecular weight is 251 g/mol. The molecule has 1 saturated heterocycles. The van der Waals surface area contributed by atoms with Crippen LogP contribution < -0.4 is 0 Å². The lowest BCUT2D eigenvalue weighted by Crippen LogP contribution is -2.49. The molecule has 5 heteroatoms. The number of amides is 1. The van der Waals surface area contributed by atoms with Gasteiger partial charge in [-0.2, -0.15) is 0 Å². The van der Waals surface area contributed by atoms with E-state index in [-0.39, 0.29) is 5.91 Å². The summed E-state index contributed by atoms with van der Waals surface area (Å²) >= 11 is 0. The molecule has 1 fully saturated rings. The zero-order chi connectivity index (χ0) is 13.0. The minimum Gasteiger partial charge on any atom is -0.459 e. The number of carbonyl (C=O) groups is 1. The third kappa shape index (κ3) is 3.34. The molecule has 0 bridgehead atoms. The predicted octanol–water partition coefficient (Wildman–Crippen LogP) is 0.599. The SMILES string of the molecule is CN(C)CCN1CCN(C(=O)c2ccco2)CC1. The minimum atomic E-state index is 0.00672. The smallest absolute Gasteiger partial charge is 0.289 e. The zero-order valence-corrected chi connectivity index (χ0v) is 11.1. The maximum atomic E-state index is 12.0. The molecule has 1 aliphatic rings. The summed E-state index contributed by atoms with van der Waals surface area (Å²) in [5, 5.41) is 0. The van der Waals surface area contributed by atoms with Crippen molar-refractivity contribution in [2.24, 2.45) is 0 Å². The Balaban J connectivity index is 1.78. The lowest BCUT2D eigenvalue weighted by molar-refractivity contribution is 0.0599. The monoisotopic (exact) mass is 251 g/mol. The van der Waals surface area contributed by atoms with E-state index >= 15 is 0 Å². The van der Waals surface area contributed by atoms with Crippen LogP contribution in [0.5, 0.6) is 0 Å². The molecule has 0 aromatic carbocycles. The van der Waals surface area contributed by atoms with Crippen molar-refractivity contribution < 1.29 is 9.21 Å². The molecule has 1 amide bonds. The van der Waals surface area contributed by atoms with Gasteiger partial charge in [-0.3, -0.25) is 9.69 Å². The van der Waals surface area contributed by atoms with Crippen molar-refractivity contribution in [2.75, 3.05) is 53.4 Å². The van der Waals surface area contributed by atoms with Gasteiger partial charge in [0.1, 0.15) is 0 Å². The summed E-state index contributed by atoms with van der Waals surface area (Å²) in [6.07, 6.45) is 1.54. The van der Waals surface area contributed by atoms with Gasteiger partial charge in [0.25, 0.3) is 5.91 Å². The third-order valence-corrected chi connectivity index (χ3v) is 3.25. The highest BCUT2D eigenvalue weighted by Gasteiger charge is 2.23. The number of nitrogens with zero attached hydrogens (tertiary/aromatic N) is 3. The summed E-state index contributed by atoms with van der Waals surface area (Å²) in [6.45, 7) is 5.59. The van der Waals surface area contributed by atoms with Crippen molar-refractivity contribution in [1.29, 1.82) is 0 Å². The molecule has 1 aromatic rings. The van der Waals surface area contributed by atoms with Gasteiger partial charge in [0, 0.05) is 39.3 Å². The molecule has 0 aliphatic carbocycles. The Morgan fingerprint density at radius 3 is 2.61 bits per heavy atom. The summed E-state index contributed by atoms with van der Waals surface area (Å²) in [5.74, 6) is 0.448. The Morgan fingerprint density at radius 1 is 1.33 bits per heavy atom. The standard InChI is InChI=1S/C13H21N3O2/c1-14(2)5-6-15-7-9-16(10-8-15)13(17)12-4-3-11-18-12/h3-4,11H,5-10H2,1-2H3. The average Bonchev–Trinajstić information content (AvgIpc) is 2.90. The minimum absolute atomic E-state index is 0.00672. The van der Waals surface area contributed by atoms with E-state index in [1.807, 2.05) is 4.90 Å². The Labute approximate surface area is 108 Å². The molecule has 2 rings (SSSR count). The van der Waals surface area contributed by atoms with Crippen molar-refractivity contribution in [3.05, 3.63) is 24.2 Å². The van der Waals surface area contributed by atoms with E-state index in [1.165, 1.54) is 0 Å². The van der Waals surface area contributed by atoms with Crippen LogP contribution in [-0.2, 0) is 0 Å². The molecule has 0 unspecified atom stereocenters. The first-order valence-corrected chi connectivity index (χ1v) is 6.36. The van der Waals surface area contributed by atoms with Crippen LogP contribution >= 0.6 is 0 Å². The fourth-order valence-electron chi connectivity index (χ4n) is 2.07. The van der Waals surface area contributed by atoms with Crippen LogP contribution in [0.2, 0.25) is 0 Å². The van der Waals surface area contributed by atoms with Gasteiger partial charge in [-0.15, -0.1) is 0 Å². The van der Waals surface area contributed by atoms with Crippen LogP contribution in [0.3, 0.4) is 0 Å². The van der Waals surface area contributed by atoms with Gasteiger partial charge in [0.2, 0.25) is 0 Å². The number of rotatable bonds is 4. The second-order valence-electron chi connectivity index (χ2n) is 4.91. The van der Waals surface area contributed by atoms with Crippen molar-refractivity contribution in [1.82, 2.24) is 14.7 Å². The molecule has 0 atom stereocenters. The molecule has 100 valence electrons. The molecular weight excluding hydrogens is 230 g/mol. The molecule has 0 spiro atoms. The first-order valence-electron chi connectivity index (χ1n) is 6.36. The number of likely N-dealkylation sites (N-methyl/N-ethyl adjacent to an activating group) is 1. The highest BCUT2D eigenvalue weighted by atomic mass is 16.3. The van der Waals surface area contributed by atoms with E-state index in [1.54, 1.807) is 18.4 Å². The van der Waals surface area contributed by atoms with E-state index in [2.05, 4.69) is 23.9 Å². The van der Waals surface area contributed by atoms with Crippen LogP contribution in [0.15, 0.2) is 22.8 Å². The summed E-state index contributed by atoms with van der Waals surface area (Å²) in [4.78, 5) is 18.5. The maximum absolute atomic E-state index is 12.0. The van der Waals surface area contributed by atoms with Gasteiger partial charge in [0.05, 0.1) is 6.26 Å². The topological polar surface area (TPSA) is 39.9 Å². The normalized spacial score (nSPS) is 17.4. The van der Waals surface area contributed by atoms with Crippen molar-refractivity contribution in [3.8, 4) is 0 Å². The van der Waals surface area contributed by atoms with Crippen LogP contribution in [0.4, 0.5) is 0 Å². The molecule has 2 heterocycles. The molecule has 1 aliphatic heterocycles. The van der Waals surface area contributed by atoms with Gasteiger partial charge >= 0.3 is 0 Å². The first kappa shape index (κ1) is 13.1. The Kier molecular flexibility index (Phi) is 4.38. The van der Waals surface area contributed by atoms with Gasteiger partial charge in [-0.1, -0.05) is 0 Å². The van der Waals surface area contributed by atoms with Crippen LogP contribution in [-0.4, -0.2) is 74.0 Å². The molecule has 0 saturated carbocycles. The lowest BCUT2D eigenvalue weighted by Gasteiger charge is -2.34. The number of piperazine rings is 1. The highest BCUT2D eigenvalue weighted by molar-refractivity contribution is 5.91. The first-order chi connectivity index (χ1) is 8.66. The quantitative estimate of drug-likeness (QED) is 0.785. The van der Waals surface area contributed by atoms with Crippen molar-refractivity contribution >= 4 is 5.91 Å². The Hall–Kier alpha value is -1.33. The largest absolute Gasteiger partial charge is 0.459 e. The Bertz CT molecular complexity index is 368. The lowest BCUT2D eigenvalue weighted by atomic mass is 10.3. The van der Waals surface area contributed by atoms with Crippen LogP contribution in [0.1, 0.15) is 10.6 Å². The maximum Gasteiger partial charge on any atom is 0.289 e. The molecule has 18 heavy (non-hydrogen) atoms. The number of hydrogen-bond donors (Lipinski definition) is 0. The molecule has 1 aromatic heterocycles. The molecule has 0 N–H and O–H groups in total. The zero-order valence-electron chi connectivity index (χ0n) is 11.1. The Morgan fingerprint density at radius 2 is 2.06 bits per heavy atom. The van der Waals surface area contributed by atoms with Gasteiger partial charge in [-0.05, 0) is 26.2 Å². The molecule has 0 radical (unpaired) electrons. The predicted molar refractivity (Wildman–Crippen MR) is 69.6 cm³/mol. The van der Waals surface area contributed by atoms with Crippen molar-refractivity contribution in [3.63, 3.8) is 0 Å². The number of furan rings is 1. The fraction of sp³-hybridized carbons (Fsp3) is 0.615. The molecule has 5 nitrogen and oxygen atoms in total. The molecular formula is C13H21N3O2. The fourth-order valence-corrected chi connectivity index (χ4v) is 2.07. The third-order valence-electron chi connectivity index (χ3n) is 3.25. The van der Waals surface area contributed by atoms with Crippen molar-refractivity contribution in [2.45, 2.75) is 0 Å². The second-order valence-corrected chi connectivity index (χ2v) is 4.91. The summed E-state index contributed by atoms with van der Waals surface area (Å²) < 4.78 is 5.14. The van der Waals surface area contributed by atoms with E-state index in [9.17, 15) is 4.79 Å². The van der Waals surface area contributed by atoms with Gasteiger partial charge in [-0.25, -0.2) is 0 Å². The highest BCUT2D eigenvalue weighted by Crippen LogP contribution is 2.09. The summed E-state index contributed by atoms with van der Waals surface area (Å²) in [6, 6.07) is 3.47. The van der Waals surface area contributed by atoms with Crippen LogP contribution in [0.25, 0.3) is 0 Å². The van der Waals surface area contributed by atoms with E-state index in [4.69, 9.17) is 4.42 Å². The summed E-state index contributed by atoms with van der Waals surface area (Å²) in [5.41, 5.74) is 0. The van der Waals surface area contributed by atoms with E-state index < -0.39 is 0 Å².